The van der Waals surface area contributed by atoms with Crippen molar-refractivity contribution in [3.8, 4) is 0 Å². The highest BCUT2D eigenvalue weighted by atomic mass is 16.1. The van der Waals surface area contributed by atoms with Crippen LogP contribution in [-0.4, -0.2) is 17.4 Å². The van der Waals surface area contributed by atoms with Gasteiger partial charge in [-0.1, -0.05) is 45.0 Å². The van der Waals surface area contributed by atoms with Crippen LogP contribution in [0.4, 0.5) is 5.69 Å². The third-order valence-corrected chi connectivity index (χ3v) is 3.62. The molecule has 0 saturated heterocycles. The number of hydrogen-bond donors (Lipinski definition) is 2. The van der Waals surface area contributed by atoms with Gasteiger partial charge < -0.3 is 10.6 Å². The molecule has 2 rings (SSSR count). The highest BCUT2D eigenvalue weighted by molar-refractivity contribution is 5.76. The lowest BCUT2D eigenvalue weighted by atomic mass is 9.86. The molecule has 4 nitrogen and oxygen atoms in total. The third-order valence-electron chi connectivity index (χ3n) is 3.62. The molecule has 4 heteroatoms. The maximum Gasteiger partial charge on any atom is 0.222 e. The number of carbonyl (C=O) groups excluding carboxylic acids is 1. The monoisotopic (exact) mass is 311 g/mol. The van der Waals surface area contributed by atoms with Crippen LogP contribution in [0.5, 0.6) is 0 Å². The molecule has 122 valence electrons. The zero-order valence-electron chi connectivity index (χ0n) is 14.1. The molecule has 0 saturated carbocycles. The second kappa shape index (κ2) is 7.77. The van der Waals surface area contributed by atoms with Crippen molar-refractivity contribution in [2.75, 3.05) is 11.9 Å². The van der Waals surface area contributed by atoms with Crippen molar-refractivity contribution >= 4 is 11.6 Å². The number of nitrogens with zero attached hydrogens (tertiary/aromatic N) is 1. The number of nitrogens with one attached hydrogen (secondary N) is 2. The van der Waals surface area contributed by atoms with E-state index >= 15 is 0 Å². The van der Waals surface area contributed by atoms with E-state index in [9.17, 15) is 4.79 Å². The lowest BCUT2D eigenvalue weighted by Crippen LogP contribution is -2.25. The first-order chi connectivity index (χ1) is 11.0. The number of anilines is 1. The summed E-state index contributed by atoms with van der Waals surface area (Å²) in [5, 5.41) is 6.29. The second-order valence-corrected chi connectivity index (χ2v) is 6.61. The van der Waals surface area contributed by atoms with Gasteiger partial charge in [-0.05, 0) is 28.7 Å². The minimum absolute atomic E-state index is 0.0367. The number of hydrogen-bond acceptors (Lipinski definition) is 3. The highest BCUT2D eigenvalue weighted by Crippen LogP contribution is 2.29. The molecule has 0 unspecified atom stereocenters. The van der Waals surface area contributed by atoms with Gasteiger partial charge in [0.05, 0.1) is 0 Å². The van der Waals surface area contributed by atoms with Crippen molar-refractivity contribution in [3.63, 3.8) is 0 Å². The van der Waals surface area contributed by atoms with Gasteiger partial charge in [-0.15, -0.1) is 0 Å². The van der Waals surface area contributed by atoms with Crippen molar-refractivity contribution in [3.05, 3.63) is 59.9 Å². The molecule has 2 aromatic rings. The summed E-state index contributed by atoms with van der Waals surface area (Å²) < 4.78 is 0. The average molecular weight is 311 g/mol. The lowest BCUT2D eigenvalue weighted by molar-refractivity contribution is -0.121. The standard InChI is InChI=1S/C19H25N3O/c1-19(2,3)16-8-4-5-9-17(16)21-12-10-18(23)22-14-15-7-6-11-20-13-15/h4-9,11,13,21H,10,12,14H2,1-3H3,(H,22,23). The van der Waals surface area contributed by atoms with Gasteiger partial charge in [0.2, 0.25) is 5.91 Å². The second-order valence-electron chi connectivity index (χ2n) is 6.61. The van der Waals surface area contributed by atoms with E-state index < -0.39 is 0 Å². The fourth-order valence-electron chi connectivity index (χ4n) is 2.39. The van der Waals surface area contributed by atoms with Crippen LogP contribution in [0, 0.1) is 0 Å². The molecule has 1 aromatic heterocycles. The quantitative estimate of drug-likeness (QED) is 0.858. The zero-order valence-corrected chi connectivity index (χ0v) is 14.1. The Hall–Kier alpha value is -2.36. The molecule has 2 N–H and O–H groups in total. The van der Waals surface area contributed by atoms with Crippen LogP contribution in [0.2, 0.25) is 0 Å². The minimum atomic E-state index is 0.0367. The normalized spacial score (nSPS) is 11.1. The Morgan fingerprint density at radius 3 is 2.61 bits per heavy atom. The summed E-state index contributed by atoms with van der Waals surface area (Å²) in [7, 11) is 0. The van der Waals surface area contributed by atoms with Crippen LogP contribution in [0.15, 0.2) is 48.8 Å². The summed E-state index contributed by atoms with van der Waals surface area (Å²) in [6.45, 7) is 7.70. The van der Waals surface area contributed by atoms with E-state index in [2.05, 4.69) is 48.5 Å². The van der Waals surface area contributed by atoms with Gasteiger partial charge in [-0.3, -0.25) is 9.78 Å². The molecule has 0 spiro atoms. The molecule has 0 radical (unpaired) electrons. The summed E-state index contributed by atoms with van der Waals surface area (Å²) in [6, 6.07) is 12.1. The molecule has 1 heterocycles. The molecule has 0 aliphatic heterocycles. The van der Waals surface area contributed by atoms with E-state index in [4.69, 9.17) is 0 Å². The Bertz CT molecular complexity index is 633. The van der Waals surface area contributed by atoms with E-state index in [1.807, 2.05) is 24.3 Å². The number of pyridine rings is 1. The smallest absolute Gasteiger partial charge is 0.222 e. The van der Waals surface area contributed by atoms with Crippen LogP contribution in [-0.2, 0) is 16.8 Å². The molecule has 0 fully saturated rings. The molecule has 23 heavy (non-hydrogen) atoms. The number of amides is 1. The fourth-order valence-corrected chi connectivity index (χ4v) is 2.39. The number of carbonyl (C=O) groups is 1. The van der Waals surface area contributed by atoms with Crippen molar-refractivity contribution < 1.29 is 4.79 Å². The fraction of sp³-hybridized carbons (Fsp3) is 0.368. The average Bonchev–Trinajstić information content (AvgIpc) is 2.53. The SMILES string of the molecule is CC(C)(C)c1ccccc1NCCC(=O)NCc1cccnc1. The number of para-hydroxylation sites is 1. The van der Waals surface area contributed by atoms with Gasteiger partial charge in [0, 0.05) is 37.6 Å². The first-order valence-corrected chi connectivity index (χ1v) is 7.96. The maximum atomic E-state index is 11.9. The third kappa shape index (κ3) is 5.40. The van der Waals surface area contributed by atoms with Crippen LogP contribution < -0.4 is 10.6 Å². The number of benzene rings is 1. The predicted octanol–water partition coefficient (Wildman–Crippen LogP) is 3.50. The van der Waals surface area contributed by atoms with Crippen LogP contribution in [0.25, 0.3) is 0 Å². The first-order valence-electron chi connectivity index (χ1n) is 7.96. The molecule has 0 bridgehead atoms. The Balaban J connectivity index is 1.80. The maximum absolute atomic E-state index is 11.9. The van der Waals surface area contributed by atoms with Crippen LogP contribution in [0.1, 0.15) is 38.3 Å². The van der Waals surface area contributed by atoms with Crippen LogP contribution >= 0.6 is 0 Å². The van der Waals surface area contributed by atoms with Gasteiger partial charge in [0.15, 0.2) is 0 Å². The largest absolute Gasteiger partial charge is 0.384 e. The van der Waals surface area contributed by atoms with E-state index in [1.54, 1.807) is 12.4 Å². The Morgan fingerprint density at radius 1 is 1.13 bits per heavy atom. The molecule has 1 aromatic carbocycles. The summed E-state index contributed by atoms with van der Waals surface area (Å²) in [5.41, 5.74) is 3.44. The Kier molecular flexibility index (Phi) is 5.74. The summed E-state index contributed by atoms with van der Waals surface area (Å²) in [5.74, 6) is 0.0367. The van der Waals surface area contributed by atoms with Crippen molar-refractivity contribution in [1.29, 1.82) is 0 Å². The van der Waals surface area contributed by atoms with Gasteiger partial charge in [0.25, 0.3) is 0 Å². The molecule has 0 atom stereocenters. The van der Waals surface area contributed by atoms with Crippen molar-refractivity contribution in [2.45, 2.75) is 39.2 Å². The van der Waals surface area contributed by atoms with Gasteiger partial charge in [-0.2, -0.15) is 0 Å². The van der Waals surface area contributed by atoms with Crippen molar-refractivity contribution in [1.82, 2.24) is 10.3 Å². The topological polar surface area (TPSA) is 54.0 Å². The number of aromatic nitrogens is 1. The lowest BCUT2D eigenvalue weighted by Gasteiger charge is -2.23. The van der Waals surface area contributed by atoms with E-state index in [0.717, 1.165) is 11.3 Å². The molecular weight excluding hydrogens is 286 g/mol. The van der Waals surface area contributed by atoms with Gasteiger partial charge >= 0.3 is 0 Å². The molecular formula is C19H25N3O. The summed E-state index contributed by atoms with van der Waals surface area (Å²) >= 11 is 0. The Labute approximate surface area is 138 Å². The van der Waals surface area contributed by atoms with Gasteiger partial charge in [0.1, 0.15) is 0 Å². The minimum Gasteiger partial charge on any atom is -0.384 e. The molecule has 0 aliphatic carbocycles. The number of rotatable bonds is 6. The molecule has 0 aliphatic rings. The summed E-state index contributed by atoms with van der Waals surface area (Å²) in [6.07, 6.45) is 3.93. The van der Waals surface area contributed by atoms with Gasteiger partial charge in [-0.25, -0.2) is 0 Å². The van der Waals surface area contributed by atoms with Crippen LogP contribution in [0.3, 0.4) is 0 Å². The van der Waals surface area contributed by atoms with E-state index in [-0.39, 0.29) is 11.3 Å². The zero-order chi connectivity index (χ0) is 16.7. The summed E-state index contributed by atoms with van der Waals surface area (Å²) in [4.78, 5) is 16.0. The molecule has 1 amide bonds. The Morgan fingerprint density at radius 2 is 1.91 bits per heavy atom. The van der Waals surface area contributed by atoms with Crippen molar-refractivity contribution in [2.24, 2.45) is 0 Å². The predicted molar refractivity (Wildman–Crippen MR) is 94.3 cm³/mol. The van der Waals surface area contributed by atoms with E-state index in [0.29, 0.717) is 19.5 Å². The van der Waals surface area contributed by atoms with E-state index in [1.165, 1.54) is 5.56 Å². The first kappa shape index (κ1) is 17.0. The highest BCUT2D eigenvalue weighted by Gasteiger charge is 2.17.